The van der Waals surface area contributed by atoms with Gasteiger partial charge in [0.05, 0.1) is 31.1 Å². The third-order valence-corrected chi connectivity index (χ3v) is 9.26. The number of nitrogens with one attached hydrogen (secondary N) is 2. The topological polar surface area (TPSA) is 108 Å². The van der Waals surface area contributed by atoms with Crippen molar-refractivity contribution in [2.45, 2.75) is 68.6 Å². The molecule has 2 N–H and O–H groups in total. The summed E-state index contributed by atoms with van der Waals surface area (Å²) in [7, 11) is 1.27. The van der Waals surface area contributed by atoms with Crippen molar-refractivity contribution in [3.8, 4) is 0 Å². The lowest BCUT2D eigenvalue weighted by molar-refractivity contribution is -0.160. The number of ether oxygens (including phenoxy) is 4. The number of benzene rings is 1. The monoisotopic (exact) mass is 617 g/mol. The van der Waals surface area contributed by atoms with Gasteiger partial charge in [-0.3, -0.25) is 9.78 Å². The Morgan fingerprint density at radius 2 is 1.86 bits per heavy atom. The molecule has 234 valence electrons. The highest BCUT2D eigenvalue weighted by molar-refractivity contribution is 6.30. The maximum Gasteiger partial charge on any atom is 0.407 e. The largest absolute Gasteiger partial charge is 0.453 e. The third-order valence-electron chi connectivity index (χ3n) is 9.01. The molecule has 3 saturated heterocycles. The molecule has 0 radical (unpaired) electrons. The highest BCUT2D eigenvalue weighted by Crippen LogP contribution is 2.37. The predicted octanol–water partition coefficient (Wildman–Crippen LogP) is 4.39. The number of hydrogen-bond donors (Lipinski definition) is 2. The Kier molecular flexibility index (Phi) is 11.0. The Balaban J connectivity index is 1.36. The molecular weight excluding hydrogens is 577 g/mol. The number of hydrogen-bond acceptors (Lipinski definition) is 8. The Labute approximate surface area is 257 Å². The van der Waals surface area contributed by atoms with Gasteiger partial charge in [0, 0.05) is 75.9 Å². The Hall–Kier alpha value is -2.63. The summed E-state index contributed by atoms with van der Waals surface area (Å²) >= 11 is 6.18. The van der Waals surface area contributed by atoms with Gasteiger partial charge in [-0.2, -0.15) is 0 Å². The number of amides is 1. The lowest BCUT2D eigenvalue weighted by Crippen LogP contribution is -2.56. The fourth-order valence-electron chi connectivity index (χ4n) is 6.69. The number of halogens is 2. The van der Waals surface area contributed by atoms with Gasteiger partial charge in [0.25, 0.3) is 0 Å². The van der Waals surface area contributed by atoms with Gasteiger partial charge in [-0.25, -0.2) is 9.18 Å². The average molecular weight is 618 g/mol. The highest BCUT2D eigenvalue weighted by Gasteiger charge is 2.40. The minimum Gasteiger partial charge on any atom is -0.453 e. The lowest BCUT2D eigenvalue weighted by Gasteiger charge is -2.44. The minimum atomic E-state index is -0.910. The number of morpholine rings is 1. The predicted molar refractivity (Wildman–Crippen MR) is 159 cm³/mol. The van der Waals surface area contributed by atoms with Crippen LogP contribution in [0, 0.1) is 11.7 Å². The van der Waals surface area contributed by atoms with E-state index < -0.39 is 18.0 Å². The molecule has 1 aromatic heterocycles. The van der Waals surface area contributed by atoms with Crippen LogP contribution in [-0.4, -0.2) is 81.2 Å². The van der Waals surface area contributed by atoms with Gasteiger partial charge in [-0.05, 0) is 60.4 Å². The molecular formula is C32H41ClFN3O6. The maximum absolute atomic E-state index is 15.3. The first-order chi connectivity index (χ1) is 20.9. The number of rotatable bonds is 10. The molecule has 0 aliphatic carbocycles. The van der Waals surface area contributed by atoms with Crippen LogP contribution in [0.2, 0.25) is 5.02 Å². The summed E-state index contributed by atoms with van der Waals surface area (Å²) in [6, 6.07) is 6.43. The van der Waals surface area contributed by atoms with Crippen LogP contribution in [0.1, 0.15) is 54.7 Å². The van der Waals surface area contributed by atoms with Gasteiger partial charge in [-0.1, -0.05) is 23.7 Å². The molecule has 43 heavy (non-hydrogen) atoms. The fourth-order valence-corrected chi connectivity index (χ4v) is 6.81. The second-order valence-corrected chi connectivity index (χ2v) is 12.2. The number of Topliss-reactive ketones (excluding diaryl/α,β-unsaturated/α-hetero) is 1. The smallest absolute Gasteiger partial charge is 0.407 e. The molecule has 11 heteroatoms. The summed E-state index contributed by atoms with van der Waals surface area (Å²) in [6.07, 6.45) is 5.97. The molecule has 1 amide bonds. The Morgan fingerprint density at radius 3 is 2.58 bits per heavy atom. The summed E-state index contributed by atoms with van der Waals surface area (Å²) in [6.45, 7) is 3.95. The van der Waals surface area contributed by atoms with Crippen LogP contribution >= 0.6 is 11.6 Å². The van der Waals surface area contributed by atoms with E-state index in [0.29, 0.717) is 62.0 Å². The molecule has 4 heterocycles. The molecule has 3 atom stereocenters. The van der Waals surface area contributed by atoms with Crippen molar-refractivity contribution < 1.29 is 32.9 Å². The van der Waals surface area contributed by atoms with E-state index in [-0.39, 0.29) is 35.7 Å². The zero-order valence-electron chi connectivity index (χ0n) is 24.6. The Bertz CT molecular complexity index is 1230. The van der Waals surface area contributed by atoms with Crippen LogP contribution < -0.4 is 10.6 Å². The maximum atomic E-state index is 15.3. The van der Waals surface area contributed by atoms with E-state index in [9.17, 15) is 9.59 Å². The average Bonchev–Trinajstić information content (AvgIpc) is 3.02. The lowest BCUT2D eigenvalue weighted by atomic mass is 9.74. The molecule has 1 aromatic carbocycles. The zero-order chi connectivity index (χ0) is 30.2. The molecule has 9 nitrogen and oxygen atoms in total. The molecule has 3 aliphatic rings. The standard InChI is InChI=1S/C32H41ClFN3O6/c1-40-31(39)37-30(29(22-8-12-41-13-9-22)21-2-4-24(33)5-3-21)28(38)16-23-17-35-19-27(34)26(23)7-6-25-18-36-20-32(43-25)10-14-42-15-11-32/h2-5,17,19,22,25,29-30,36H,6-16,18,20H2,1H3,(H,37,39)/t25-,29+,30-/m1/s1. The van der Waals surface area contributed by atoms with Crippen LogP contribution in [-0.2, 0) is 36.6 Å². The van der Waals surface area contributed by atoms with E-state index in [1.165, 1.54) is 13.3 Å². The summed E-state index contributed by atoms with van der Waals surface area (Å²) in [5, 5.41) is 6.87. The van der Waals surface area contributed by atoms with Gasteiger partial charge in [0.2, 0.25) is 0 Å². The molecule has 5 rings (SSSR count). The van der Waals surface area contributed by atoms with E-state index in [1.54, 1.807) is 18.3 Å². The van der Waals surface area contributed by atoms with Crippen molar-refractivity contribution in [1.82, 2.24) is 15.6 Å². The molecule has 3 fully saturated rings. The van der Waals surface area contributed by atoms with Gasteiger partial charge < -0.3 is 29.6 Å². The van der Waals surface area contributed by atoms with Crippen molar-refractivity contribution in [2.75, 3.05) is 46.6 Å². The zero-order valence-corrected chi connectivity index (χ0v) is 25.4. The molecule has 0 saturated carbocycles. The normalized spacial score (nSPS) is 22.1. The fraction of sp³-hybridized carbons (Fsp3) is 0.594. The molecule has 3 aliphatic heterocycles. The number of aromatic nitrogens is 1. The highest BCUT2D eigenvalue weighted by atomic mass is 35.5. The molecule has 1 spiro atoms. The second kappa shape index (κ2) is 14.9. The van der Waals surface area contributed by atoms with Gasteiger partial charge in [0.15, 0.2) is 5.78 Å². The van der Waals surface area contributed by atoms with E-state index in [4.69, 9.17) is 30.5 Å². The summed E-state index contributed by atoms with van der Waals surface area (Å²) in [4.78, 5) is 30.8. The number of methoxy groups -OCH3 is 1. The van der Waals surface area contributed by atoms with Crippen molar-refractivity contribution in [1.29, 1.82) is 0 Å². The van der Waals surface area contributed by atoms with Crippen LogP contribution in [0.3, 0.4) is 0 Å². The van der Waals surface area contributed by atoms with E-state index in [1.807, 2.05) is 12.1 Å². The van der Waals surface area contributed by atoms with E-state index in [2.05, 4.69) is 15.6 Å². The number of nitrogens with zero attached hydrogens (tertiary/aromatic N) is 1. The van der Waals surface area contributed by atoms with E-state index >= 15 is 4.39 Å². The van der Waals surface area contributed by atoms with Gasteiger partial charge in [-0.15, -0.1) is 0 Å². The molecule has 2 aromatic rings. The van der Waals surface area contributed by atoms with Crippen LogP contribution in [0.4, 0.5) is 9.18 Å². The first-order valence-electron chi connectivity index (χ1n) is 15.2. The number of pyridine rings is 1. The van der Waals surface area contributed by atoms with Gasteiger partial charge in [0.1, 0.15) is 5.82 Å². The number of ketones is 1. The van der Waals surface area contributed by atoms with Crippen molar-refractivity contribution in [2.24, 2.45) is 5.92 Å². The van der Waals surface area contributed by atoms with Gasteiger partial charge >= 0.3 is 6.09 Å². The number of alkyl carbamates (subject to hydrolysis) is 1. The van der Waals surface area contributed by atoms with Crippen LogP contribution in [0.5, 0.6) is 0 Å². The molecule has 0 unspecified atom stereocenters. The van der Waals surface area contributed by atoms with Crippen LogP contribution in [0.25, 0.3) is 0 Å². The number of carbonyl (C=O) groups excluding carboxylic acids is 2. The van der Waals surface area contributed by atoms with E-state index in [0.717, 1.165) is 37.8 Å². The Morgan fingerprint density at radius 1 is 1.14 bits per heavy atom. The molecule has 0 bridgehead atoms. The van der Waals surface area contributed by atoms with Crippen molar-refractivity contribution in [3.63, 3.8) is 0 Å². The first-order valence-corrected chi connectivity index (χ1v) is 15.5. The number of carbonyl (C=O) groups is 2. The first kappa shape index (κ1) is 31.8. The SMILES string of the molecule is COC(=O)N[C@H](C(=O)Cc1cncc(F)c1CC[C@@H]1CNCC2(CCOCC2)O1)[C@@H](c1ccc(Cl)cc1)C1CCOCC1. The third kappa shape index (κ3) is 8.10. The second-order valence-electron chi connectivity index (χ2n) is 11.7. The summed E-state index contributed by atoms with van der Waals surface area (Å²) < 4.78 is 37.8. The van der Waals surface area contributed by atoms with Crippen molar-refractivity contribution >= 4 is 23.5 Å². The van der Waals surface area contributed by atoms with Crippen LogP contribution in [0.15, 0.2) is 36.7 Å². The van der Waals surface area contributed by atoms with Crippen molar-refractivity contribution in [3.05, 3.63) is 64.2 Å². The minimum absolute atomic E-state index is 0.0691. The summed E-state index contributed by atoms with van der Waals surface area (Å²) in [5.74, 6) is -0.983. The quantitative estimate of drug-likeness (QED) is 0.404. The summed E-state index contributed by atoms with van der Waals surface area (Å²) in [5.41, 5.74) is 1.59.